The van der Waals surface area contributed by atoms with Crippen LogP contribution in [0.3, 0.4) is 0 Å². The van der Waals surface area contributed by atoms with Crippen LogP contribution in [0.4, 0.5) is 11.4 Å². The molecule has 0 aromatic heterocycles. The Morgan fingerprint density at radius 3 is 2.28 bits per heavy atom. The van der Waals surface area contributed by atoms with E-state index in [1.54, 1.807) is 0 Å². The number of carbonyl (C=O) groups excluding carboxylic acids is 1. The molecular formula is C14H19N3O. The van der Waals surface area contributed by atoms with E-state index in [-0.39, 0.29) is 11.8 Å². The molecule has 2 fully saturated rings. The van der Waals surface area contributed by atoms with Crippen molar-refractivity contribution in [2.45, 2.75) is 37.8 Å². The Balaban J connectivity index is 1.53. The van der Waals surface area contributed by atoms with Crippen LogP contribution in [0.25, 0.3) is 0 Å². The van der Waals surface area contributed by atoms with Crippen molar-refractivity contribution in [1.82, 2.24) is 0 Å². The number of carbonyl (C=O) groups is 1. The number of hydrogen-bond donors (Lipinski definition) is 3. The summed E-state index contributed by atoms with van der Waals surface area (Å²) in [6.45, 7) is 0. The maximum Gasteiger partial charge on any atom is 0.227 e. The maximum absolute atomic E-state index is 11.6. The number of benzene rings is 1. The summed E-state index contributed by atoms with van der Waals surface area (Å²) in [5, 5.41) is 6.36. The first-order valence-corrected chi connectivity index (χ1v) is 6.64. The van der Waals surface area contributed by atoms with Crippen molar-refractivity contribution < 1.29 is 4.79 Å². The van der Waals surface area contributed by atoms with Crippen LogP contribution < -0.4 is 16.4 Å². The van der Waals surface area contributed by atoms with Gasteiger partial charge >= 0.3 is 0 Å². The van der Waals surface area contributed by atoms with Crippen LogP contribution in [0, 0.1) is 5.92 Å². The average molecular weight is 245 g/mol. The molecule has 4 nitrogen and oxygen atoms in total. The van der Waals surface area contributed by atoms with E-state index in [2.05, 4.69) is 10.6 Å². The Labute approximate surface area is 107 Å². The van der Waals surface area contributed by atoms with Crippen LogP contribution in [0.1, 0.15) is 25.7 Å². The summed E-state index contributed by atoms with van der Waals surface area (Å²) in [4.78, 5) is 11.6. The molecule has 0 radical (unpaired) electrons. The highest BCUT2D eigenvalue weighted by molar-refractivity contribution is 5.94. The molecule has 4 heteroatoms. The second-order valence-electron chi connectivity index (χ2n) is 5.41. The normalized spacial score (nSPS) is 26.3. The van der Waals surface area contributed by atoms with Gasteiger partial charge in [-0.25, -0.2) is 0 Å². The lowest BCUT2D eigenvalue weighted by molar-refractivity contribution is -0.117. The third-order valence-corrected chi connectivity index (χ3v) is 3.65. The van der Waals surface area contributed by atoms with Crippen LogP contribution in [0.5, 0.6) is 0 Å². The molecule has 2 saturated carbocycles. The summed E-state index contributed by atoms with van der Waals surface area (Å²) in [6.07, 6.45) is 4.15. The fraction of sp³-hybridized carbons (Fsp3) is 0.500. The van der Waals surface area contributed by atoms with Gasteiger partial charge < -0.3 is 16.4 Å². The molecule has 0 bridgehead atoms. The minimum Gasteiger partial charge on any atom is -0.382 e. The van der Waals surface area contributed by atoms with E-state index in [1.165, 1.54) is 0 Å². The molecule has 96 valence electrons. The summed E-state index contributed by atoms with van der Waals surface area (Å²) in [5.41, 5.74) is 7.72. The fourth-order valence-electron chi connectivity index (χ4n) is 2.26. The van der Waals surface area contributed by atoms with Gasteiger partial charge in [-0.05, 0) is 49.9 Å². The summed E-state index contributed by atoms with van der Waals surface area (Å²) >= 11 is 0. The van der Waals surface area contributed by atoms with Gasteiger partial charge in [-0.1, -0.05) is 0 Å². The zero-order valence-corrected chi connectivity index (χ0v) is 10.4. The van der Waals surface area contributed by atoms with Crippen molar-refractivity contribution >= 4 is 17.3 Å². The van der Waals surface area contributed by atoms with Gasteiger partial charge in [0.25, 0.3) is 0 Å². The molecule has 1 aromatic rings. The van der Waals surface area contributed by atoms with Crippen molar-refractivity contribution in [2.75, 3.05) is 10.6 Å². The second-order valence-corrected chi connectivity index (χ2v) is 5.41. The van der Waals surface area contributed by atoms with E-state index in [0.29, 0.717) is 12.1 Å². The molecule has 0 heterocycles. The lowest BCUT2D eigenvalue weighted by Crippen LogP contribution is -2.44. The van der Waals surface area contributed by atoms with E-state index in [4.69, 9.17) is 5.73 Å². The third-order valence-electron chi connectivity index (χ3n) is 3.65. The number of anilines is 2. The molecule has 4 N–H and O–H groups in total. The first kappa shape index (κ1) is 11.5. The van der Waals surface area contributed by atoms with Gasteiger partial charge in [0, 0.05) is 29.4 Å². The topological polar surface area (TPSA) is 67.2 Å². The predicted molar refractivity (Wildman–Crippen MR) is 72.4 cm³/mol. The van der Waals surface area contributed by atoms with E-state index in [9.17, 15) is 4.79 Å². The molecule has 2 aliphatic carbocycles. The number of rotatable bonds is 4. The molecular weight excluding hydrogens is 226 g/mol. The Bertz CT molecular complexity index is 433. The predicted octanol–water partition coefficient (Wildman–Crippen LogP) is 1.94. The molecule has 0 unspecified atom stereocenters. The molecule has 18 heavy (non-hydrogen) atoms. The molecule has 0 saturated heterocycles. The Morgan fingerprint density at radius 1 is 1.11 bits per heavy atom. The first-order valence-electron chi connectivity index (χ1n) is 6.64. The quantitative estimate of drug-likeness (QED) is 0.759. The summed E-state index contributed by atoms with van der Waals surface area (Å²) in [7, 11) is 0. The van der Waals surface area contributed by atoms with Gasteiger partial charge in [-0.15, -0.1) is 0 Å². The molecule has 1 amide bonds. The zero-order valence-electron chi connectivity index (χ0n) is 10.4. The van der Waals surface area contributed by atoms with Crippen molar-refractivity contribution in [1.29, 1.82) is 0 Å². The lowest BCUT2D eigenvalue weighted by Gasteiger charge is -2.33. The molecule has 0 aliphatic heterocycles. The Morgan fingerprint density at radius 2 is 1.72 bits per heavy atom. The van der Waals surface area contributed by atoms with E-state index < -0.39 is 0 Å². The fourth-order valence-corrected chi connectivity index (χ4v) is 2.26. The molecule has 0 spiro atoms. The highest BCUT2D eigenvalue weighted by Gasteiger charge is 2.29. The van der Waals surface area contributed by atoms with Crippen molar-refractivity contribution in [3.63, 3.8) is 0 Å². The molecule has 0 atom stereocenters. The van der Waals surface area contributed by atoms with Crippen LogP contribution in [0.2, 0.25) is 0 Å². The lowest BCUT2D eigenvalue weighted by atomic mass is 9.87. The van der Waals surface area contributed by atoms with Crippen molar-refractivity contribution in [2.24, 2.45) is 11.7 Å². The standard InChI is InChI=1S/C14H19N3O/c15-10-7-13(8-10)16-11-3-5-12(6-4-11)17-14(18)9-1-2-9/h3-6,9-10,13,16H,1-2,7-8,15H2,(H,17,18). The minimum absolute atomic E-state index is 0.153. The second kappa shape index (κ2) is 4.61. The smallest absolute Gasteiger partial charge is 0.227 e. The van der Waals surface area contributed by atoms with Crippen LogP contribution in [-0.2, 0) is 4.79 Å². The van der Waals surface area contributed by atoms with Gasteiger partial charge in [0.1, 0.15) is 0 Å². The maximum atomic E-state index is 11.6. The summed E-state index contributed by atoms with van der Waals surface area (Å²) in [6, 6.07) is 8.77. The number of nitrogens with one attached hydrogen (secondary N) is 2. The number of hydrogen-bond acceptors (Lipinski definition) is 3. The molecule has 3 rings (SSSR count). The van der Waals surface area contributed by atoms with Gasteiger partial charge in [0.15, 0.2) is 0 Å². The SMILES string of the molecule is NC1CC(Nc2ccc(NC(=O)C3CC3)cc2)C1. The third kappa shape index (κ3) is 2.64. The zero-order chi connectivity index (χ0) is 12.5. The average Bonchev–Trinajstić information content (AvgIpc) is 3.13. The highest BCUT2D eigenvalue weighted by atomic mass is 16.2. The van der Waals surface area contributed by atoms with Crippen LogP contribution in [-0.4, -0.2) is 18.0 Å². The Kier molecular flexibility index (Phi) is 2.96. The van der Waals surface area contributed by atoms with Gasteiger partial charge in [-0.2, -0.15) is 0 Å². The Hall–Kier alpha value is -1.55. The number of nitrogens with two attached hydrogens (primary N) is 1. The van der Waals surface area contributed by atoms with Crippen molar-refractivity contribution in [3.8, 4) is 0 Å². The summed E-state index contributed by atoms with van der Waals surface area (Å²) in [5.74, 6) is 0.403. The highest BCUT2D eigenvalue weighted by Crippen LogP contribution is 2.30. The molecule has 2 aliphatic rings. The van der Waals surface area contributed by atoms with Gasteiger partial charge in [0.05, 0.1) is 0 Å². The first-order chi connectivity index (χ1) is 8.70. The largest absolute Gasteiger partial charge is 0.382 e. The summed E-state index contributed by atoms with van der Waals surface area (Å²) < 4.78 is 0. The number of amides is 1. The van der Waals surface area contributed by atoms with Crippen molar-refractivity contribution in [3.05, 3.63) is 24.3 Å². The monoisotopic (exact) mass is 245 g/mol. The van der Waals surface area contributed by atoms with E-state index in [1.807, 2.05) is 24.3 Å². The van der Waals surface area contributed by atoms with Gasteiger partial charge in [0.2, 0.25) is 5.91 Å². The van der Waals surface area contributed by atoms with Crippen LogP contribution >= 0.6 is 0 Å². The van der Waals surface area contributed by atoms with E-state index >= 15 is 0 Å². The molecule has 1 aromatic carbocycles. The minimum atomic E-state index is 0.153. The van der Waals surface area contributed by atoms with E-state index in [0.717, 1.165) is 37.1 Å². The van der Waals surface area contributed by atoms with Crippen LogP contribution in [0.15, 0.2) is 24.3 Å². The van der Waals surface area contributed by atoms with Gasteiger partial charge in [-0.3, -0.25) is 4.79 Å².